The van der Waals surface area contributed by atoms with E-state index in [-0.39, 0.29) is 27.3 Å². The summed E-state index contributed by atoms with van der Waals surface area (Å²) < 4.78 is 38.1. The lowest BCUT2D eigenvalue weighted by Crippen LogP contribution is -2.11. The van der Waals surface area contributed by atoms with Crippen molar-refractivity contribution in [1.29, 1.82) is 0 Å². The maximum Gasteiger partial charge on any atom is 0.413 e. The van der Waals surface area contributed by atoms with E-state index in [1.165, 1.54) is 19.2 Å². The quantitative estimate of drug-likeness (QED) is 0.554. The van der Waals surface area contributed by atoms with Crippen molar-refractivity contribution in [3.8, 4) is 5.75 Å². The van der Waals surface area contributed by atoms with Crippen LogP contribution in [0.2, 0.25) is 10.0 Å². The predicted octanol–water partition coefficient (Wildman–Crippen LogP) is 5.47. The first-order chi connectivity index (χ1) is 12.8. The van der Waals surface area contributed by atoms with Crippen LogP contribution in [-0.2, 0) is 4.74 Å². The molecule has 142 valence electrons. The Balaban J connectivity index is 1.92. The molecule has 0 aliphatic heterocycles. The van der Waals surface area contributed by atoms with E-state index in [9.17, 15) is 13.6 Å². The van der Waals surface area contributed by atoms with E-state index < -0.39 is 23.8 Å². The van der Waals surface area contributed by atoms with Crippen molar-refractivity contribution in [3.63, 3.8) is 0 Å². The SMILES string of the molecule is COC(=O)Nc1nc2cc(OC(C)c3c(Cl)ccc(F)c3Cl)c(F)cc2[nH]1. The van der Waals surface area contributed by atoms with Gasteiger partial charge in [0.2, 0.25) is 5.95 Å². The summed E-state index contributed by atoms with van der Waals surface area (Å²) in [6, 6.07) is 4.96. The van der Waals surface area contributed by atoms with Gasteiger partial charge in [0.25, 0.3) is 0 Å². The fraction of sp³-hybridized carbons (Fsp3) is 0.176. The van der Waals surface area contributed by atoms with Crippen molar-refractivity contribution in [2.45, 2.75) is 13.0 Å². The van der Waals surface area contributed by atoms with Crippen molar-refractivity contribution in [2.75, 3.05) is 12.4 Å². The highest BCUT2D eigenvalue weighted by Crippen LogP contribution is 2.36. The summed E-state index contributed by atoms with van der Waals surface area (Å²) in [4.78, 5) is 18.1. The number of aromatic nitrogens is 2. The highest BCUT2D eigenvalue weighted by atomic mass is 35.5. The Morgan fingerprint density at radius 3 is 2.70 bits per heavy atom. The Morgan fingerprint density at radius 2 is 2.00 bits per heavy atom. The number of halogens is 4. The van der Waals surface area contributed by atoms with Gasteiger partial charge >= 0.3 is 6.09 Å². The summed E-state index contributed by atoms with van der Waals surface area (Å²) in [5.41, 5.74) is 0.870. The fourth-order valence-corrected chi connectivity index (χ4v) is 3.15. The first-order valence-corrected chi connectivity index (χ1v) is 8.40. The van der Waals surface area contributed by atoms with Gasteiger partial charge in [0, 0.05) is 22.7 Å². The summed E-state index contributed by atoms with van der Waals surface area (Å²) in [6.45, 7) is 1.56. The van der Waals surface area contributed by atoms with Crippen molar-refractivity contribution < 1.29 is 23.0 Å². The molecule has 2 aromatic carbocycles. The summed E-state index contributed by atoms with van der Waals surface area (Å²) in [5.74, 6) is -1.40. The van der Waals surface area contributed by atoms with Gasteiger partial charge in [-0.05, 0) is 19.1 Å². The number of hydrogen-bond acceptors (Lipinski definition) is 4. The van der Waals surface area contributed by atoms with Gasteiger partial charge in [0.05, 0.1) is 23.2 Å². The lowest BCUT2D eigenvalue weighted by molar-refractivity contribution is 0.186. The second-order valence-electron chi connectivity index (χ2n) is 5.52. The molecule has 0 fully saturated rings. The molecule has 1 amide bonds. The van der Waals surface area contributed by atoms with Crippen LogP contribution in [-0.4, -0.2) is 23.2 Å². The third-order valence-electron chi connectivity index (χ3n) is 3.73. The minimum atomic E-state index is -0.834. The molecule has 27 heavy (non-hydrogen) atoms. The molecule has 0 aliphatic rings. The van der Waals surface area contributed by atoms with Crippen LogP contribution in [0.1, 0.15) is 18.6 Å². The van der Waals surface area contributed by atoms with Crippen LogP contribution in [0.25, 0.3) is 11.0 Å². The van der Waals surface area contributed by atoms with Gasteiger partial charge in [-0.25, -0.2) is 18.6 Å². The topological polar surface area (TPSA) is 76.2 Å². The molecule has 1 heterocycles. The number of fused-ring (bicyclic) bond motifs is 1. The Morgan fingerprint density at radius 1 is 1.26 bits per heavy atom. The molecular formula is C17H13Cl2F2N3O3. The van der Waals surface area contributed by atoms with Crippen LogP contribution < -0.4 is 10.1 Å². The number of ether oxygens (including phenoxy) is 2. The second kappa shape index (κ2) is 7.58. The molecule has 0 radical (unpaired) electrons. The zero-order valence-electron chi connectivity index (χ0n) is 14.1. The van der Waals surface area contributed by atoms with Crippen LogP contribution in [0, 0.1) is 11.6 Å². The number of carbonyl (C=O) groups is 1. The van der Waals surface area contributed by atoms with Crippen molar-refractivity contribution in [3.05, 3.63) is 51.5 Å². The zero-order chi connectivity index (χ0) is 19.7. The molecule has 3 aromatic rings. The number of amides is 1. The normalized spacial score (nSPS) is 12.1. The van der Waals surface area contributed by atoms with Crippen LogP contribution in [0.15, 0.2) is 24.3 Å². The number of anilines is 1. The summed E-state index contributed by atoms with van der Waals surface area (Å²) in [5, 5.41) is 2.34. The lowest BCUT2D eigenvalue weighted by Gasteiger charge is -2.18. The van der Waals surface area contributed by atoms with Gasteiger partial charge in [-0.2, -0.15) is 0 Å². The number of aromatic amines is 1. The maximum atomic E-state index is 14.4. The Kier molecular flexibility index (Phi) is 5.38. The van der Waals surface area contributed by atoms with Crippen LogP contribution in [0.5, 0.6) is 5.75 Å². The minimum absolute atomic E-state index is 0.0812. The summed E-state index contributed by atoms with van der Waals surface area (Å²) >= 11 is 12.0. The van der Waals surface area contributed by atoms with E-state index in [0.717, 1.165) is 12.1 Å². The predicted molar refractivity (Wildman–Crippen MR) is 97.5 cm³/mol. The molecule has 3 rings (SSSR count). The van der Waals surface area contributed by atoms with Crippen molar-refractivity contribution >= 4 is 46.3 Å². The first-order valence-electron chi connectivity index (χ1n) is 7.64. The van der Waals surface area contributed by atoms with Gasteiger partial charge in [0.1, 0.15) is 11.9 Å². The molecule has 1 atom stereocenters. The molecule has 0 saturated heterocycles. The van der Waals surface area contributed by atoms with Gasteiger partial charge < -0.3 is 14.5 Å². The Hall–Kier alpha value is -2.58. The number of methoxy groups -OCH3 is 1. The molecule has 10 heteroatoms. The van der Waals surface area contributed by atoms with E-state index >= 15 is 0 Å². The molecule has 1 aromatic heterocycles. The summed E-state index contributed by atoms with van der Waals surface area (Å²) in [7, 11) is 1.20. The molecule has 1 unspecified atom stereocenters. The Labute approximate surface area is 162 Å². The average Bonchev–Trinajstić information content (AvgIpc) is 2.99. The lowest BCUT2D eigenvalue weighted by atomic mass is 10.1. The third-order valence-corrected chi connectivity index (χ3v) is 4.44. The molecule has 2 N–H and O–H groups in total. The largest absolute Gasteiger partial charge is 0.483 e. The Bertz CT molecular complexity index is 1030. The van der Waals surface area contributed by atoms with Crippen LogP contribution >= 0.6 is 23.2 Å². The van der Waals surface area contributed by atoms with E-state index in [0.29, 0.717) is 11.0 Å². The second-order valence-corrected chi connectivity index (χ2v) is 6.30. The van der Waals surface area contributed by atoms with E-state index in [4.69, 9.17) is 27.9 Å². The minimum Gasteiger partial charge on any atom is -0.483 e. The van der Waals surface area contributed by atoms with E-state index in [2.05, 4.69) is 20.0 Å². The first kappa shape index (κ1) is 19.2. The molecule has 0 saturated carbocycles. The number of carbonyl (C=O) groups excluding carboxylic acids is 1. The number of H-pyrrole nitrogens is 1. The monoisotopic (exact) mass is 415 g/mol. The standard InChI is InChI=1S/C17H13Cl2F2N3O3/c1-7(14-8(18)3-4-9(20)15(14)19)27-13-6-12-11(5-10(13)21)22-16(23-12)24-17(25)26-2/h3-7H,1-2H3,(H2,22,23,24,25). The molecular weight excluding hydrogens is 403 g/mol. The van der Waals surface area contributed by atoms with Gasteiger partial charge in [-0.15, -0.1) is 0 Å². The van der Waals surface area contributed by atoms with Crippen molar-refractivity contribution in [1.82, 2.24) is 9.97 Å². The number of nitrogens with zero attached hydrogens (tertiary/aromatic N) is 1. The number of benzene rings is 2. The highest BCUT2D eigenvalue weighted by Gasteiger charge is 2.20. The van der Waals surface area contributed by atoms with E-state index in [1.807, 2.05) is 0 Å². The molecule has 0 aliphatic carbocycles. The van der Waals surface area contributed by atoms with Gasteiger partial charge in [0.15, 0.2) is 11.6 Å². The van der Waals surface area contributed by atoms with Gasteiger partial charge in [-0.3, -0.25) is 5.32 Å². The zero-order valence-corrected chi connectivity index (χ0v) is 15.6. The maximum absolute atomic E-state index is 14.4. The fourth-order valence-electron chi connectivity index (χ4n) is 2.47. The van der Waals surface area contributed by atoms with Crippen LogP contribution in [0.3, 0.4) is 0 Å². The number of hydrogen-bond donors (Lipinski definition) is 2. The van der Waals surface area contributed by atoms with Crippen molar-refractivity contribution in [2.24, 2.45) is 0 Å². The van der Waals surface area contributed by atoms with E-state index in [1.54, 1.807) is 6.92 Å². The van der Waals surface area contributed by atoms with Crippen LogP contribution in [0.4, 0.5) is 19.5 Å². The highest BCUT2D eigenvalue weighted by molar-refractivity contribution is 6.36. The molecule has 0 spiro atoms. The average molecular weight is 416 g/mol. The smallest absolute Gasteiger partial charge is 0.413 e. The number of imidazole rings is 1. The number of nitrogens with one attached hydrogen (secondary N) is 2. The number of rotatable bonds is 4. The summed E-state index contributed by atoms with van der Waals surface area (Å²) in [6.07, 6.45) is -1.56. The van der Waals surface area contributed by atoms with Gasteiger partial charge in [-0.1, -0.05) is 23.2 Å². The third kappa shape index (κ3) is 3.91. The molecule has 0 bridgehead atoms. The molecule has 6 nitrogen and oxygen atoms in total.